The number of carbonyl (C=O) groups is 1. The number of benzene rings is 2. The average molecular weight is 489 g/mol. The summed E-state index contributed by atoms with van der Waals surface area (Å²) in [5.41, 5.74) is 2.41. The van der Waals surface area contributed by atoms with Gasteiger partial charge in [0.1, 0.15) is 5.60 Å². The largest absolute Gasteiger partial charge is 0.444 e. The maximum Gasteiger partial charge on any atom is 0.410 e. The van der Waals surface area contributed by atoms with E-state index < -0.39 is 5.60 Å². The predicted octanol–water partition coefficient (Wildman–Crippen LogP) is 6.23. The molecule has 0 bridgehead atoms. The molecule has 4 rings (SSSR count). The lowest BCUT2D eigenvalue weighted by molar-refractivity contribution is 0.0199. The number of rotatable bonds is 4. The van der Waals surface area contributed by atoms with Crippen molar-refractivity contribution < 1.29 is 9.53 Å². The Kier molecular flexibility index (Phi) is 6.78. The number of carbonyl (C=O) groups excluding carboxylic acids is 1. The summed E-state index contributed by atoms with van der Waals surface area (Å²) in [7, 11) is 2.05. The molecule has 8 heteroatoms. The molecule has 2 heterocycles. The molecular weight excluding hydrogens is 459 g/mol. The van der Waals surface area contributed by atoms with Crippen molar-refractivity contribution in [3.8, 4) is 0 Å². The molecule has 176 valence electrons. The zero-order valence-electron chi connectivity index (χ0n) is 19.5. The number of amides is 1. The van der Waals surface area contributed by atoms with Crippen LogP contribution >= 0.6 is 23.2 Å². The smallest absolute Gasteiger partial charge is 0.410 e. The molecule has 0 spiro atoms. The number of anilines is 1. The van der Waals surface area contributed by atoms with Gasteiger partial charge in [-0.2, -0.15) is 0 Å². The number of ether oxygens (including phenoxy) is 1. The highest BCUT2D eigenvalue weighted by atomic mass is 35.5. The van der Waals surface area contributed by atoms with E-state index in [-0.39, 0.29) is 12.1 Å². The van der Waals surface area contributed by atoms with Crippen molar-refractivity contribution in [1.82, 2.24) is 14.5 Å². The normalized spacial score (nSPS) is 16.8. The van der Waals surface area contributed by atoms with Crippen molar-refractivity contribution in [1.29, 1.82) is 0 Å². The number of hydrogen-bond acceptors (Lipinski definition) is 4. The topological polar surface area (TPSA) is 50.6 Å². The second kappa shape index (κ2) is 9.43. The molecule has 0 saturated carbocycles. The summed E-state index contributed by atoms with van der Waals surface area (Å²) in [6, 6.07) is 13.8. The molecular formula is C25H30Cl2N4O2. The Morgan fingerprint density at radius 2 is 1.97 bits per heavy atom. The lowest BCUT2D eigenvalue weighted by Gasteiger charge is -2.38. The number of para-hydroxylation sites is 2. The Balaban J connectivity index is 1.63. The highest BCUT2D eigenvalue weighted by molar-refractivity contribution is 6.35. The third kappa shape index (κ3) is 5.39. The van der Waals surface area contributed by atoms with E-state index in [4.69, 9.17) is 32.9 Å². The van der Waals surface area contributed by atoms with E-state index in [1.165, 1.54) is 0 Å². The van der Waals surface area contributed by atoms with Gasteiger partial charge in [-0.25, -0.2) is 9.78 Å². The number of piperidine rings is 1. The molecule has 0 aliphatic carbocycles. The Hall–Kier alpha value is -2.44. The first-order valence-corrected chi connectivity index (χ1v) is 12.0. The Morgan fingerprint density at radius 1 is 1.21 bits per heavy atom. The summed E-state index contributed by atoms with van der Waals surface area (Å²) in [4.78, 5) is 21.6. The van der Waals surface area contributed by atoms with Crippen molar-refractivity contribution in [3.05, 3.63) is 58.1 Å². The van der Waals surface area contributed by atoms with Gasteiger partial charge in [-0.3, -0.25) is 0 Å². The first-order chi connectivity index (χ1) is 15.6. The fourth-order valence-corrected chi connectivity index (χ4v) is 4.70. The summed E-state index contributed by atoms with van der Waals surface area (Å²) in [6.07, 6.45) is 1.63. The van der Waals surface area contributed by atoms with Crippen LogP contribution in [0.1, 0.15) is 39.2 Å². The van der Waals surface area contributed by atoms with E-state index in [1.54, 1.807) is 11.0 Å². The summed E-state index contributed by atoms with van der Waals surface area (Å²) < 4.78 is 7.78. The van der Waals surface area contributed by atoms with Crippen LogP contribution < -0.4 is 4.90 Å². The van der Waals surface area contributed by atoms with Crippen molar-refractivity contribution in [2.24, 2.45) is 0 Å². The fourth-order valence-electron chi connectivity index (χ4n) is 4.23. The molecule has 3 aromatic rings. The molecule has 2 aromatic carbocycles. The van der Waals surface area contributed by atoms with Crippen LogP contribution in [0.2, 0.25) is 10.0 Å². The number of hydrogen-bond donors (Lipinski definition) is 0. The van der Waals surface area contributed by atoms with E-state index >= 15 is 0 Å². The van der Waals surface area contributed by atoms with E-state index in [0.717, 1.165) is 35.4 Å². The van der Waals surface area contributed by atoms with Gasteiger partial charge in [-0.1, -0.05) is 41.4 Å². The number of aromatic nitrogens is 2. The standard InChI is InChI=1S/C25H30Cl2N4O2/c1-25(2,3)33-24(32)30-13-7-8-19(16-30)29(4)23-28-21-9-5-6-10-22(21)31(23)15-17-11-12-18(26)14-20(17)27/h5-6,9-12,14,19H,7-8,13,15-16H2,1-4H3/t19-/m0/s1. The SMILES string of the molecule is CN(c1nc2ccccc2n1Cc1ccc(Cl)cc1Cl)[C@H]1CCCN(C(=O)OC(C)(C)C)C1. The molecule has 1 atom stereocenters. The molecule has 1 fully saturated rings. The van der Waals surface area contributed by atoms with Crippen molar-refractivity contribution in [3.63, 3.8) is 0 Å². The van der Waals surface area contributed by atoms with E-state index in [9.17, 15) is 4.79 Å². The average Bonchev–Trinajstić information content (AvgIpc) is 3.12. The predicted molar refractivity (Wildman–Crippen MR) is 135 cm³/mol. The van der Waals surface area contributed by atoms with Crippen LogP contribution in [-0.2, 0) is 11.3 Å². The first kappa shape index (κ1) is 23.7. The quantitative estimate of drug-likeness (QED) is 0.436. The number of nitrogens with zero attached hydrogens (tertiary/aromatic N) is 4. The van der Waals surface area contributed by atoms with Gasteiger partial charge in [0.2, 0.25) is 5.95 Å². The first-order valence-electron chi connectivity index (χ1n) is 11.2. The molecule has 0 radical (unpaired) electrons. The Morgan fingerprint density at radius 3 is 2.70 bits per heavy atom. The zero-order chi connectivity index (χ0) is 23.8. The van der Waals surface area contributed by atoms with E-state index in [0.29, 0.717) is 29.7 Å². The molecule has 1 aliphatic rings. The molecule has 1 amide bonds. The summed E-state index contributed by atoms with van der Waals surface area (Å²) >= 11 is 12.6. The highest BCUT2D eigenvalue weighted by Crippen LogP contribution is 2.29. The van der Waals surface area contributed by atoms with Crippen LogP contribution in [0.4, 0.5) is 10.7 Å². The number of halogens is 2. The van der Waals surface area contributed by atoms with Crippen LogP contribution in [0.15, 0.2) is 42.5 Å². The summed E-state index contributed by atoms with van der Waals surface area (Å²) in [5, 5.41) is 1.24. The highest BCUT2D eigenvalue weighted by Gasteiger charge is 2.31. The molecule has 1 aromatic heterocycles. The third-order valence-corrected chi connectivity index (χ3v) is 6.48. The maximum absolute atomic E-state index is 12.7. The van der Waals surface area contributed by atoms with E-state index in [1.807, 2.05) is 58.2 Å². The van der Waals surface area contributed by atoms with Crippen molar-refractivity contribution in [2.75, 3.05) is 25.0 Å². The molecule has 6 nitrogen and oxygen atoms in total. The molecule has 0 N–H and O–H groups in total. The summed E-state index contributed by atoms with van der Waals surface area (Å²) in [5.74, 6) is 0.846. The minimum atomic E-state index is -0.512. The van der Waals surface area contributed by atoms with Gasteiger partial charge in [-0.05, 0) is 63.4 Å². The monoisotopic (exact) mass is 488 g/mol. The molecule has 33 heavy (non-hydrogen) atoms. The second-order valence-corrected chi connectivity index (χ2v) is 10.4. The summed E-state index contributed by atoms with van der Waals surface area (Å²) in [6.45, 7) is 7.54. The van der Waals surface area contributed by atoms with Crippen LogP contribution in [-0.4, -0.2) is 52.3 Å². The van der Waals surface area contributed by atoms with Gasteiger partial charge in [0.15, 0.2) is 0 Å². The number of fused-ring (bicyclic) bond motifs is 1. The fraction of sp³-hybridized carbons (Fsp3) is 0.440. The maximum atomic E-state index is 12.7. The minimum absolute atomic E-state index is 0.127. The van der Waals surface area contributed by atoms with Gasteiger partial charge in [0.05, 0.1) is 17.6 Å². The number of imidazole rings is 1. The van der Waals surface area contributed by atoms with Crippen molar-refractivity contribution in [2.45, 2.75) is 51.8 Å². The van der Waals surface area contributed by atoms with Gasteiger partial charge in [-0.15, -0.1) is 0 Å². The number of likely N-dealkylation sites (N-methyl/N-ethyl adjacent to an activating group) is 1. The lowest BCUT2D eigenvalue weighted by Crippen LogP contribution is -2.50. The minimum Gasteiger partial charge on any atom is -0.444 e. The Bertz CT molecular complexity index is 1160. The van der Waals surface area contributed by atoms with Gasteiger partial charge >= 0.3 is 6.09 Å². The lowest BCUT2D eigenvalue weighted by atomic mass is 10.1. The molecule has 1 aliphatic heterocycles. The van der Waals surface area contributed by atoms with Gasteiger partial charge < -0.3 is 19.1 Å². The van der Waals surface area contributed by atoms with E-state index in [2.05, 4.69) is 15.5 Å². The van der Waals surface area contributed by atoms with Crippen LogP contribution in [0.5, 0.6) is 0 Å². The molecule has 1 saturated heterocycles. The van der Waals surface area contributed by atoms with Gasteiger partial charge in [0.25, 0.3) is 0 Å². The number of likely N-dealkylation sites (tertiary alicyclic amines) is 1. The van der Waals surface area contributed by atoms with Crippen LogP contribution in [0.25, 0.3) is 11.0 Å². The van der Waals surface area contributed by atoms with Crippen LogP contribution in [0, 0.1) is 0 Å². The zero-order valence-corrected chi connectivity index (χ0v) is 21.0. The van der Waals surface area contributed by atoms with Gasteiger partial charge in [0, 0.05) is 36.2 Å². The third-order valence-electron chi connectivity index (χ3n) is 5.89. The Labute approximate surface area is 205 Å². The van der Waals surface area contributed by atoms with Crippen molar-refractivity contribution >= 4 is 46.3 Å². The second-order valence-electron chi connectivity index (χ2n) is 9.56. The molecule has 0 unspecified atom stereocenters. The van der Waals surface area contributed by atoms with Crippen LogP contribution in [0.3, 0.4) is 0 Å².